The number of carbonyl (C=O) groups is 2. The lowest BCUT2D eigenvalue weighted by atomic mass is 10.1. The summed E-state index contributed by atoms with van der Waals surface area (Å²) in [4.78, 5) is 27.0. The molecule has 2 amide bonds. The lowest BCUT2D eigenvalue weighted by molar-refractivity contribution is 0.0579. The van der Waals surface area contributed by atoms with Crippen molar-refractivity contribution < 1.29 is 14.3 Å². The van der Waals surface area contributed by atoms with Gasteiger partial charge in [0.1, 0.15) is 5.60 Å². The molecule has 0 saturated heterocycles. The van der Waals surface area contributed by atoms with Crippen LogP contribution in [-0.2, 0) is 4.74 Å². The lowest BCUT2D eigenvalue weighted by Gasteiger charge is -2.25. The van der Waals surface area contributed by atoms with Crippen molar-refractivity contribution in [2.75, 3.05) is 11.4 Å². The molecule has 3 rings (SSSR count). The highest BCUT2D eigenvalue weighted by atomic mass is 35.5. The van der Waals surface area contributed by atoms with Gasteiger partial charge in [0.15, 0.2) is 0 Å². The number of thiophene rings is 1. The Bertz CT molecular complexity index is 813. The third kappa shape index (κ3) is 3.96. The molecule has 25 heavy (non-hydrogen) atoms. The number of amides is 2. The number of para-hydroxylation sites is 1. The molecule has 1 aliphatic rings. The van der Waals surface area contributed by atoms with Crippen molar-refractivity contribution in [1.29, 1.82) is 0 Å². The van der Waals surface area contributed by atoms with Crippen LogP contribution >= 0.6 is 22.9 Å². The van der Waals surface area contributed by atoms with Gasteiger partial charge in [-0.2, -0.15) is 0 Å². The number of anilines is 1. The van der Waals surface area contributed by atoms with E-state index in [1.165, 1.54) is 11.3 Å². The second-order valence-electron chi connectivity index (χ2n) is 6.78. The summed E-state index contributed by atoms with van der Waals surface area (Å²) in [6.45, 7) is 5.81. The van der Waals surface area contributed by atoms with Gasteiger partial charge in [-0.25, -0.2) is 4.79 Å². The van der Waals surface area contributed by atoms with E-state index in [-0.39, 0.29) is 11.9 Å². The first-order valence-electron chi connectivity index (χ1n) is 7.90. The molecular weight excluding hydrogens is 360 g/mol. The van der Waals surface area contributed by atoms with Crippen molar-refractivity contribution in [2.24, 2.45) is 0 Å². The molecule has 0 saturated carbocycles. The zero-order chi connectivity index (χ0) is 18.2. The second kappa shape index (κ2) is 6.69. The minimum Gasteiger partial charge on any atom is -0.443 e. The van der Waals surface area contributed by atoms with Gasteiger partial charge in [-0.3, -0.25) is 9.69 Å². The van der Waals surface area contributed by atoms with Gasteiger partial charge in [0.2, 0.25) is 0 Å². The van der Waals surface area contributed by atoms with Crippen LogP contribution < -0.4 is 10.2 Å². The topological polar surface area (TPSA) is 58.6 Å². The molecule has 2 aromatic rings. The summed E-state index contributed by atoms with van der Waals surface area (Å²) in [5.41, 5.74) is 1.07. The minimum absolute atomic E-state index is 0.206. The quantitative estimate of drug-likeness (QED) is 0.828. The van der Waals surface area contributed by atoms with E-state index in [0.717, 1.165) is 11.3 Å². The molecule has 2 heterocycles. The maximum atomic E-state index is 12.5. The molecule has 132 valence electrons. The normalized spacial score (nSPS) is 16.5. The maximum Gasteiger partial charge on any atom is 0.414 e. The minimum atomic E-state index is -0.582. The Labute approximate surface area is 155 Å². The van der Waals surface area contributed by atoms with Crippen molar-refractivity contribution in [3.63, 3.8) is 0 Å². The first-order valence-corrected chi connectivity index (χ1v) is 9.10. The van der Waals surface area contributed by atoms with Gasteiger partial charge in [0.25, 0.3) is 5.91 Å². The standard InChI is InChI=1S/C18H19ClN2O3S/c1-18(2,3)24-17(23)21-10-12(11-6-4-5-7-13(11)21)20-16(22)14-8-9-15(19)25-14/h4-9,12H,10H2,1-3H3,(H,20,22). The first kappa shape index (κ1) is 17.8. The van der Waals surface area contributed by atoms with E-state index in [4.69, 9.17) is 16.3 Å². The summed E-state index contributed by atoms with van der Waals surface area (Å²) in [5, 5.41) is 2.98. The molecule has 1 aromatic heterocycles. The fraction of sp³-hybridized carbons (Fsp3) is 0.333. The van der Waals surface area contributed by atoms with E-state index >= 15 is 0 Å². The number of fused-ring (bicyclic) bond motifs is 1. The van der Waals surface area contributed by atoms with Gasteiger partial charge in [-0.05, 0) is 39.0 Å². The molecule has 0 fully saturated rings. The lowest BCUT2D eigenvalue weighted by Crippen LogP contribution is -2.38. The molecule has 1 atom stereocenters. The third-order valence-electron chi connectivity index (χ3n) is 3.68. The monoisotopic (exact) mass is 378 g/mol. The van der Waals surface area contributed by atoms with Crippen molar-refractivity contribution >= 4 is 40.6 Å². The molecule has 0 spiro atoms. The summed E-state index contributed by atoms with van der Waals surface area (Å²) in [6, 6.07) is 10.6. The maximum absolute atomic E-state index is 12.5. The Hall–Kier alpha value is -2.05. The van der Waals surface area contributed by atoms with Gasteiger partial charge < -0.3 is 10.1 Å². The Kier molecular flexibility index (Phi) is 4.75. The Balaban J connectivity index is 1.80. The van der Waals surface area contributed by atoms with E-state index < -0.39 is 11.7 Å². The molecule has 1 unspecified atom stereocenters. The predicted octanol–water partition coefficient (Wildman–Crippen LogP) is 4.63. The molecule has 1 aliphatic heterocycles. The Morgan fingerprint density at radius 3 is 2.60 bits per heavy atom. The van der Waals surface area contributed by atoms with Gasteiger partial charge in [-0.1, -0.05) is 29.8 Å². The van der Waals surface area contributed by atoms with Crippen molar-refractivity contribution in [3.05, 3.63) is 51.2 Å². The van der Waals surface area contributed by atoms with Crippen LogP contribution in [0.3, 0.4) is 0 Å². The highest BCUT2D eigenvalue weighted by molar-refractivity contribution is 7.18. The number of hydrogen-bond donors (Lipinski definition) is 1. The SMILES string of the molecule is CC(C)(C)OC(=O)N1CC(NC(=O)c2ccc(Cl)s2)c2ccccc21. The number of nitrogens with one attached hydrogen (secondary N) is 1. The number of halogens is 1. The zero-order valence-electron chi connectivity index (χ0n) is 14.2. The average Bonchev–Trinajstić information content (AvgIpc) is 3.10. The third-order valence-corrected chi connectivity index (χ3v) is 4.91. The predicted molar refractivity (Wildman–Crippen MR) is 99.6 cm³/mol. The van der Waals surface area contributed by atoms with Crippen molar-refractivity contribution in [3.8, 4) is 0 Å². The Morgan fingerprint density at radius 2 is 1.96 bits per heavy atom. The van der Waals surface area contributed by atoms with Gasteiger partial charge in [0, 0.05) is 5.56 Å². The number of benzene rings is 1. The summed E-state index contributed by atoms with van der Waals surface area (Å²) in [7, 11) is 0. The molecule has 7 heteroatoms. The molecule has 0 bridgehead atoms. The van der Waals surface area contributed by atoms with Crippen LogP contribution in [0.1, 0.15) is 42.0 Å². The smallest absolute Gasteiger partial charge is 0.414 e. The van der Waals surface area contributed by atoms with E-state index in [1.807, 2.05) is 45.0 Å². The van der Waals surface area contributed by atoms with Gasteiger partial charge in [-0.15, -0.1) is 11.3 Å². The highest BCUT2D eigenvalue weighted by Crippen LogP contribution is 2.36. The Morgan fingerprint density at radius 1 is 1.24 bits per heavy atom. The summed E-state index contributed by atoms with van der Waals surface area (Å²) < 4.78 is 6.04. The molecule has 0 radical (unpaired) electrons. The van der Waals surface area contributed by atoms with E-state index in [9.17, 15) is 9.59 Å². The number of hydrogen-bond acceptors (Lipinski definition) is 4. The van der Waals surface area contributed by atoms with Crippen LogP contribution in [0.2, 0.25) is 4.34 Å². The summed E-state index contributed by atoms with van der Waals surface area (Å²) >= 11 is 7.12. The molecule has 1 aromatic carbocycles. The van der Waals surface area contributed by atoms with Crippen molar-refractivity contribution in [1.82, 2.24) is 5.32 Å². The van der Waals surface area contributed by atoms with Crippen LogP contribution in [0.5, 0.6) is 0 Å². The van der Waals surface area contributed by atoms with Crippen LogP contribution in [0.15, 0.2) is 36.4 Å². The average molecular weight is 379 g/mol. The summed E-state index contributed by atoms with van der Waals surface area (Å²) in [6.07, 6.45) is -0.420. The molecule has 5 nitrogen and oxygen atoms in total. The molecular formula is C18H19ClN2O3S. The van der Waals surface area contributed by atoms with Crippen LogP contribution in [0.4, 0.5) is 10.5 Å². The number of carbonyl (C=O) groups excluding carboxylic acids is 2. The fourth-order valence-electron chi connectivity index (χ4n) is 2.69. The number of nitrogens with zero attached hydrogens (tertiary/aromatic N) is 1. The largest absolute Gasteiger partial charge is 0.443 e. The van der Waals surface area contributed by atoms with Crippen LogP contribution in [0, 0.1) is 0 Å². The van der Waals surface area contributed by atoms with E-state index in [0.29, 0.717) is 15.8 Å². The number of rotatable bonds is 2. The highest BCUT2D eigenvalue weighted by Gasteiger charge is 2.35. The van der Waals surface area contributed by atoms with E-state index in [1.54, 1.807) is 17.0 Å². The van der Waals surface area contributed by atoms with Crippen molar-refractivity contribution in [2.45, 2.75) is 32.4 Å². The zero-order valence-corrected chi connectivity index (χ0v) is 15.8. The van der Waals surface area contributed by atoms with Crippen LogP contribution in [0.25, 0.3) is 0 Å². The number of ether oxygens (including phenoxy) is 1. The molecule has 0 aliphatic carbocycles. The van der Waals surface area contributed by atoms with Gasteiger partial charge in [0.05, 0.1) is 27.5 Å². The fourth-order valence-corrected chi connectivity index (χ4v) is 3.63. The summed E-state index contributed by atoms with van der Waals surface area (Å²) in [5.74, 6) is -0.206. The van der Waals surface area contributed by atoms with Crippen LogP contribution in [-0.4, -0.2) is 24.1 Å². The molecule has 1 N–H and O–H groups in total. The second-order valence-corrected chi connectivity index (χ2v) is 8.49. The van der Waals surface area contributed by atoms with E-state index in [2.05, 4.69) is 5.32 Å². The first-order chi connectivity index (χ1) is 11.7. The van der Waals surface area contributed by atoms with Gasteiger partial charge >= 0.3 is 6.09 Å².